The van der Waals surface area contributed by atoms with Crippen LogP contribution in [0.15, 0.2) is 12.1 Å². The zero-order valence-electron chi connectivity index (χ0n) is 10.9. The zero-order valence-corrected chi connectivity index (χ0v) is 10.9. The number of aromatic nitrogens is 1. The van der Waals surface area contributed by atoms with Crippen molar-refractivity contribution < 1.29 is 9.53 Å². The van der Waals surface area contributed by atoms with Gasteiger partial charge in [0.05, 0.1) is 6.61 Å². The molecule has 0 radical (unpaired) electrons. The number of aromatic amines is 1. The molecule has 1 aromatic carbocycles. The van der Waals surface area contributed by atoms with E-state index >= 15 is 0 Å². The van der Waals surface area contributed by atoms with E-state index in [0.29, 0.717) is 25.3 Å². The van der Waals surface area contributed by atoms with E-state index in [0.717, 1.165) is 28.6 Å². The van der Waals surface area contributed by atoms with Crippen LogP contribution >= 0.6 is 0 Å². The molecule has 1 aromatic heterocycles. The Kier molecular flexibility index (Phi) is 2.91. The van der Waals surface area contributed by atoms with Gasteiger partial charge in [-0.25, -0.2) is 0 Å². The second-order valence-electron chi connectivity index (χ2n) is 4.66. The normalized spacial score (nSPS) is 13.4. The number of carbonyl (C=O) groups is 1. The van der Waals surface area contributed by atoms with E-state index in [9.17, 15) is 4.79 Å². The van der Waals surface area contributed by atoms with E-state index in [1.807, 2.05) is 12.1 Å². The highest BCUT2D eigenvalue weighted by atomic mass is 16.5. The topological polar surface area (TPSA) is 80.1 Å². The maximum Gasteiger partial charge on any atom is 0.267 e. The molecular weight excluding hydrogens is 242 g/mol. The van der Waals surface area contributed by atoms with Gasteiger partial charge in [0.2, 0.25) is 0 Å². The van der Waals surface area contributed by atoms with E-state index in [4.69, 9.17) is 10.5 Å². The average Bonchev–Trinajstić information content (AvgIpc) is 3.02. The molecule has 1 aliphatic rings. The van der Waals surface area contributed by atoms with E-state index < -0.39 is 0 Å². The van der Waals surface area contributed by atoms with E-state index in [-0.39, 0.29) is 5.91 Å². The minimum Gasteiger partial charge on any atom is -0.493 e. The first kappa shape index (κ1) is 12.0. The van der Waals surface area contributed by atoms with Crippen molar-refractivity contribution in [2.24, 2.45) is 5.73 Å². The Morgan fingerprint density at radius 1 is 1.53 bits per heavy atom. The highest BCUT2D eigenvalue weighted by molar-refractivity contribution is 6.02. The van der Waals surface area contributed by atoms with Crippen LogP contribution in [0.3, 0.4) is 0 Å². The minimum absolute atomic E-state index is 0.104. The lowest BCUT2D eigenvalue weighted by Crippen LogP contribution is -2.20. The van der Waals surface area contributed by atoms with Crippen LogP contribution in [0.1, 0.15) is 21.6 Å². The molecule has 5 heteroatoms. The van der Waals surface area contributed by atoms with Gasteiger partial charge in [0.15, 0.2) is 0 Å². The van der Waals surface area contributed by atoms with Crippen molar-refractivity contribution >= 4 is 16.8 Å². The number of carbonyl (C=O) groups excluding carboxylic acids is 1. The van der Waals surface area contributed by atoms with Crippen LogP contribution in [0.5, 0.6) is 5.75 Å². The van der Waals surface area contributed by atoms with Crippen LogP contribution < -0.4 is 15.8 Å². The third kappa shape index (κ3) is 1.77. The Bertz CT molecular complexity index is 646. The largest absolute Gasteiger partial charge is 0.493 e. The number of hydrogen-bond donors (Lipinski definition) is 3. The van der Waals surface area contributed by atoms with Crippen LogP contribution in [0, 0.1) is 0 Å². The lowest BCUT2D eigenvalue weighted by Gasteiger charge is -2.04. The van der Waals surface area contributed by atoms with Gasteiger partial charge < -0.3 is 20.8 Å². The summed E-state index contributed by atoms with van der Waals surface area (Å²) in [5.41, 5.74) is 9.47. The molecule has 100 valence electrons. The fraction of sp³-hybridized carbons (Fsp3) is 0.357. The highest BCUT2D eigenvalue weighted by Crippen LogP contribution is 2.35. The Morgan fingerprint density at radius 2 is 2.37 bits per heavy atom. The van der Waals surface area contributed by atoms with Crippen LogP contribution in [0.4, 0.5) is 0 Å². The van der Waals surface area contributed by atoms with Crippen molar-refractivity contribution in [2.75, 3.05) is 20.2 Å². The molecule has 1 amide bonds. The molecule has 0 unspecified atom stereocenters. The predicted molar refractivity (Wildman–Crippen MR) is 73.6 cm³/mol. The summed E-state index contributed by atoms with van der Waals surface area (Å²) < 4.78 is 5.59. The number of hydrogen-bond acceptors (Lipinski definition) is 3. The minimum atomic E-state index is -0.104. The van der Waals surface area contributed by atoms with E-state index in [1.54, 1.807) is 7.05 Å². The molecule has 0 atom stereocenters. The molecule has 0 spiro atoms. The van der Waals surface area contributed by atoms with Crippen molar-refractivity contribution in [3.05, 3.63) is 29.0 Å². The lowest BCUT2D eigenvalue weighted by molar-refractivity contribution is 0.0958. The van der Waals surface area contributed by atoms with Crippen molar-refractivity contribution in [1.82, 2.24) is 10.3 Å². The maximum absolute atomic E-state index is 12.0. The summed E-state index contributed by atoms with van der Waals surface area (Å²) in [5.74, 6) is 0.820. The molecule has 2 aromatic rings. The summed E-state index contributed by atoms with van der Waals surface area (Å²) >= 11 is 0. The fourth-order valence-electron chi connectivity index (χ4n) is 2.77. The first-order valence-electron chi connectivity index (χ1n) is 6.47. The van der Waals surface area contributed by atoms with Gasteiger partial charge in [0, 0.05) is 29.9 Å². The van der Waals surface area contributed by atoms with Crippen molar-refractivity contribution in [1.29, 1.82) is 0 Å². The van der Waals surface area contributed by atoms with Gasteiger partial charge in [-0.1, -0.05) is 0 Å². The summed E-state index contributed by atoms with van der Waals surface area (Å²) in [7, 11) is 1.63. The quantitative estimate of drug-likeness (QED) is 0.768. The number of nitrogens with two attached hydrogens (primary N) is 1. The monoisotopic (exact) mass is 259 g/mol. The molecule has 0 saturated heterocycles. The number of nitrogens with one attached hydrogen (secondary N) is 2. The molecular formula is C14H17N3O2. The first-order valence-corrected chi connectivity index (χ1v) is 6.47. The number of H-pyrrole nitrogens is 1. The Morgan fingerprint density at radius 3 is 3.11 bits per heavy atom. The number of benzene rings is 1. The Hall–Kier alpha value is -2.01. The lowest BCUT2D eigenvalue weighted by atomic mass is 10.0. The predicted octanol–water partition coefficient (Wildman–Crippen LogP) is 0.964. The first-order chi connectivity index (χ1) is 9.26. The molecule has 3 rings (SSSR count). The molecule has 5 nitrogen and oxygen atoms in total. The van der Waals surface area contributed by atoms with Crippen LogP contribution in [0.25, 0.3) is 10.9 Å². The fourth-order valence-corrected chi connectivity index (χ4v) is 2.77. The summed E-state index contributed by atoms with van der Waals surface area (Å²) in [6, 6.07) is 3.92. The molecule has 19 heavy (non-hydrogen) atoms. The van der Waals surface area contributed by atoms with E-state index in [2.05, 4.69) is 10.3 Å². The molecule has 0 aliphatic carbocycles. The average molecular weight is 259 g/mol. The standard InChI is InChI=1S/C14H17N3O2/c1-16-14(18)13-9(4-6-15)12-8-5-7-19-11(8)3-2-10(12)17-13/h2-3,17H,4-7,15H2,1H3,(H,16,18). The van der Waals surface area contributed by atoms with Crippen LogP contribution in [0.2, 0.25) is 0 Å². The molecule has 2 heterocycles. The second-order valence-corrected chi connectivity index (χ2v) is 4.66. The molecule has 0 saturated carbocycles. The SMILES string of the molecule is CNC(=O)c1[nH]c2ccc3c(c2c1CCN)CCO3. The Labute approximate surface area is 111 Å². The number of rotatable bonds is 3. The van der Waals surface area contributed by atoms with Crippen LogP contribution in [-0.4, -0.2) is 31.1 Å². The maximum atomic E-state index is 12.0. The van der Waals surface area contributed by atoms with Gasteiger partial charge in [-0.3, -0.25) is 4.79 Å². The number of ether oxygens (including phenoxy) is 1. The number of amides is 1. The molecule has 1 aliphatic heterocycles. The molecule has 4 N–H and O–H groups in total. The van der Waals surface area contributed by atoms with Crippen molar-refractivity contribution in [2.45, 2.75) is 12.8 Å². The van der Waals surface area contributed by atoms with Gasteiger partial charge >= 0.3 is 0 Å². The van der Waals surface area contributed by atoms with Gasteiger partial charge in [-0.15, -0.1) is 0 Å². The third-order valence-corrected chi connectivity index (χ3v) is 3.59. The van der Waals surface area contributed by atoms with Gasteiger partial charge in [0.25, 0.3) is 5.91 Å². The van der Waals surface area contributed by atoms with Gasteiger partial charge in [-0.05, 0) is 30.7 Å². The summed E-state index contributed by atoms with van der Waals surface area (Å²) in [4.78, 5) is 15.2. The highest BCUT2D eigenvalue weighted by Gasteiger charge is 2.23. The second kappa shape index (κ2) is 4.59. The molecule has 0 fully saturated rings. The van der Waals surface area contributed by atoms with Crippen LogP contribution in [-0.2, 0) is 12.8 Å². The molecule has 0 bridgehead atoms. The van der Waals surface area contributed by atoms with Crippen molar-refractivity contribution in [3.63, 3.8) is 0 Å². The Balaban J connectivity index is 2.28. The summed E-state index contributed by atoms with van der Waals surface area (Å²) in [6.45, 7) is 1.22. The summed E-state index contributed by atoms with van der Waals surface area (Å²) in [6.07, 6.45) is 1.56. The van der Waals surface area contributed by atoms with Crippen molar-refractivity contribution in [3.8, 4) is 5.75 Å². The van der Waals surface area contributed by atoms with Gasteiger partial charge in [0.1, 0.15) is 11.4 Å². The third-order valence-electron chi connectivity index (χ3n) is 3.59. The smallest absolute Gasteiger partial charge is 0.267 e. The number of fused-ring (bicyclic) bond motifs is 3. The van der Waals surface area contributed by atoms with E-state index in [1.165, 1.54) is 5.56 Å². The zero-order chi connectivity index (χ0) is 13.4. The van der Waals surface area contributed by atoms with Gasteiger partial charge in [-0.2, -0.15) is 0 Å². The summed E-state index contributed by atoms with van der Waals surface area (Å²) in [5, 5.41) is 3.78.